The van der Waals surface area contributed by atoms with Gasteiger partial charge in [-0.15, -0.1) is 0 Å². The molecular weight excluding hydrogens is 488 g/mol. The average Bonchev–Trinajstić information content (AvgIpc) is 3.66. The highest BCUT2D eigenvalue weighted by Crippen LogP contribution is 2.45. The molecule has 0 radical (unpaired) electrons. The van der Waals surface area contributed by atoms with Gasteiger partial charge < -0.3 is 24.8 Å². The lowest BCUT2D eigenvalue weighted by molar-refractivity contribution is -0.179. The molecule has 9 nitrogen and oxygen atoms in total. The maximum Gasteiger partial charge on any atom is 0.347 e. The Morgan fingerprint density at radius 2 is 1.71 bits per heavy atom. The fourth-order valence-electron chi connectivity index (χ4n) is 4.32. The van der Waals surface area contributed by atoms with Gasteiger partial charge >= 0.3 is 11.9 Å². The highest BCUT2D eigenvalue weighted by Gasteiger charge is 2.47. The zero-order valence-corrected chi connectivity index (χ0v) is 23.1. The molecule has 1 fully saturated rings. The Morgan fingerprint density at radius 3 is 2.37 bits per heavy atom. The first-order valence-electron chi connectivity index (χ1n) is 13.3. The van der Waals surface area contributed by atoms with E-state index >= 15 is 0 Å². The van der Waals surface area contributed by atoms with Crippen molar-refractivity contribution >= 4 is 23.8 Å². The Labute approximate surface area is 224 Å². The molecule has 0 saturated carbocycles. The third kappa shape index (κ3) is 7.90. The van der Waals surface area contributed by atoms with Gasteiger partial charge in [0.1, 0.15) is 18.2 Å². The molecule has 1 aromatic carbocycles. The zero-order chi connectivity index (χ0) is 28.0. The molecule has 6 atom stereocenters. The number of ether oxygens (including phenoxy) is 3. The minimum Gasteiger partial charge on any atom is -0.459 e. The van der Waals surface area contributed by atoms with E-state index in [-0.39, 0.29) is 43.4 Å². The van der Waals surface area contributed by atoms with Gasteiger partial charge in [-0.05, 0) is 44.7 Å². The van der Waals surface area contributed by atoms with Gasteiger partial charge in [0.25, 0.3) is 0 Å². The number of nitrogens with one attached hydrogen (secondary N) is 2. The molecule has 2 aliphatic rings. The predicted octanol–water partition coefficient (Wildman–Crippen LogP) is 3.24. The molecule has 2 aliphatic heterocycles. The lowest BCUT2D eigenvalue weighted by atomic mass is 9.93. The minimum atomic E-state index is -1.11. The molecule has 2 heterocycles. The van der Waals surface area contributed by atoms with Crippen molar-refractivity contribution < 1.29 is 33.4 Å². The second-order valence-corrected chi connectivity index (χ2v) is 11.3. The third-order valence-corrected chi connectivity index (χ3v) is 6.87. The number of epoxide rings is 1. The Morgan fingerprint density at radius 1 is 1.03 bits per heavy atom. The van der Waals surface area contributed by atoms with Gasteiger partial charge in [0.15, 0.2) is 6.10 Å². The summed E-state index contributed by atoms with van der Waals surface area (Å²) >= 11 is 0. The van der Waals surface area contributed by atoms with Crippen molar-refractivity contribution in [3.63, 3.8) is 0 Å². The minimum absolute atomic E-state index is 0.0241. The topological polar surface area (TPSA) is 123 Å². The molecule has 1 saturated heterocycles. The summed E-state index contributed by atoms with van der Waals surface area (Å²) in [6.07, 6.45) is 1.48. The van der Waals surface area contributed by atoms with E-state index in [1.54, 1.807) is 26.8 Å². The molecule has 0 aliphatic carbocycles. The Kier molecular flexibility index (Phi) is 9.71. The predicted molar refractivity (Wildman–Crippen MR) is 141 cm³/mol. The normalized spacial score (nSPS) is 30.4. The summed E-state index contributed by atoms with van der Waals surface area (Å²) in [5.74, 6) is -2.28. The van der Waals surface area contributed by atoms with Crippen molar-refractivity contribution in [1.29, 1.82) is 0 Å². The van der Waals surface area contributed by atoms with Gasteiger partial charge in [0, 0.05) is 18.9 Å². The molecular formula is C29H40N2O7. The molecule has 38 heavy (non-hydrogen) atoms. The summed E-state index contributed by atoms with van der Waals surface area (Å²) < 4.78 is 17.6. The van der Waals surface area contributed by atoms with Crippen molar-refractivity contribution in [2.75, 3.05) is 6.54 Å². The van der Waals surface area contributed by atoms with Crippen molar-refractivity contribution in [1.82, 2.24) is 10.6 Å². The summed E-state index contributed by atoms with van der Waals surface area (Å²) in [4.78, 5) is 51.3. The van der Waals surface area contributed by atoms with Crippen LogP contribution in [-0.4, -0.2) is 54.7 Å². The highest BCUT2D eigenvalue weighted by atomic mass is 16.6. The molecule has 1 unspecified atom stereocenters. The van der Waals surface area contributed by atoms with Crippen LogP contribution in [0.15, 0.2) is 42.5 Å². The molecule has 3 rings (SSSR count). The average molecular weight is 529 g/mol. The first-order chi connectivity index (χ1) is 17.9. The highest BCUT2D eigenvalue weighted by molar-refractivity contribution is 5.93. The van der Waals surface area contributed by atoms with Crippen LogP contribution in [-0.2, 0) is 33.4 Å². The molecule has 1 aromatic rings. The smallest absolute Gasteiger partial charge is 0.347 e. The molecule has 2 N–H and O–H groups in total. The van der Waals surface area contributed by atoms with Crippen molar-refractivity contribution in [2.24, 2.45) is 17.3 Å². The second-order valence-electron chi connectivity index (χ2n) is 11.3. The third-order valence-electron chi connectivity index (χ3n) is 6.87. The van der Waals surface area contributed by atoms with Crippen LogP contribution in [0.2, 0.25) is 0 Å². The van der Waals surface area contributed by atoms with E-state index in [0.29, 0.717) is 0 Å². The quantitative estimate of drug-likeness (QED) is 0.444. The summed E-state index contributed by atoms with van der Waals surface area (Å²) in [6, 6.07) is 9.00. The molecule has 0 spiro atoms. The van der Waals surface area contributed by atoms with E-state index in [4.69, 9.17) is 14.2 Å². The number of rotatable bonds is 5. The Hall–Kier alpha value is -3.20. The van der Waals surface area contributed by atoms with Crippen molar-refractivity contribution in [3.8, 4) is 0 Å². The molecule has 208 valence electrons. The lowest BCUT2D eigenvalue weighted by Gasteiger charge is -2.29. The number of esters is 2. The number of benzene rings is 1. The molecule has 9 heteroatoms. The summed E-state index contributed by atoms with van der Waals surface area (Å²) in [5, 5.41) is 5.28. The molecule has 0 aromatic heterocycles. The van der Waals surface area contributed by atoms with E-state index in [9.17, 15) is 19.2 Å². The Bertz CT molecular complexity index is 1040. The summed E-state index contributed by atoms with van der Waals surface area (Å²) in [5.41, 5.74) is -0.0662. The van der Waals surface area contributed by atoms with E-state index in [0.717, 1.165) is 5.56 Å². The second kappa shape index (κ2) is 12.6. The number of carbonyl (C=O) groups is 4. The summed E-state index contributed by atoms with van der Waals surface area (Å²) in [6.45, 7) is 10.6. The van der Waals surface area contributed by atoms with E-state index in [1.807, 2.05) is 51.1 Å². The van der Waals surface area contributed by atoms with Crippen molar-refractivity contribution in [3.05, 3.63) is 48.0 Å². The SMILES string of the molecule is CC(C)C[C@@H]1OC(=O)C(C)(C)CNC(=O)C(C)NC(=O)/C=C/C[C@@H]([C@H](C)[C@@H]2O[C@H]2c2ccccc2)OC1=O. The number of carbonyl (C=O) groups excluding carboxylic acids is 4. The van der Waals surface area contributed by atoms with Crippen LogP contribution in [0.4, 0.5) is 0 Å². The van der Waals surface area contributed by atoms with Gasteiger partial charge in [-0.1, -0.05) is 57.2 Å². The van der Waals surface area contributed by atoms with E-state index < -0.39 is 47.4 Å². The van der Waals surface area contributed by atoms with Gasteiger partial charge in [0.2, 0.25) is 11.8 Å². The maximum absolute atomic E-state index is 13.4. The fourth-order valence-corrected chi connectivity index (χ4v) is 4.32. The van der Waals surface area contributed by atoms with Gasteiger partial charge in [-0.3, -0.25) is 14.4 Å². The molecule has 2 amide bonds. The standard InChI is InChI=1S/C29H40N2O7/c1-17(2)15-22-27(34)36-21(18(3)24-25(38-24)20-11-8-7-9-12-20)13-10-14-23(32)31-19(4)26(33)30-16-29(5,6)28(35)37-22/h7-12,14,17-19,21-22,24-25H,13,15-16H2,1-6H3,(H,30,33)(H,31,32)/b14-10+/t18-,19?,21-,22-,24-,25-/m0/s1. The molecule has 0 bridgehead atoms. The van der Waals surface area contributed by atoms with Crippen LogP contribution in [0.1, 0.15) is 66.1 Å². The van der Waals surface area contributed by atoms with Gasteiger partial charge in [0.05, 0.1) is 11.5 Å². The fraction of sp³-hybridized carbons (Fsp3) is 0.586. The number of hydrogen-bond acceptors (Lipinski definition) is 7. The largest absolute Gasteiger partial charge is 0.459 e. The Balaban J connectivity index is 1.86. The van der Waals surface area contributed by atoms with Crippen LogP contribution in [0, 0.1) is 17.3 Å². The van der Waals surface area contributed by atoms with E-state index in [2.05, 4.69) is 10.6 Å². The zero-order valence-electron chi connectivity index (χ0n) is 23.1. The first kappa shape index (κ1) is 29.4. The van der Waals surface area contributed by atoms with Crippen LogP contribution >= 0.6 is 0 Å². The van der Waals surface area contributed by atoms with Gasteiger partial charge in [-0.25, -0.2) is 4.79 Å². The van der Waals surface area contributed by atoms with Crippen LogP contribution < -0.4 is 10.6 Å². The van der Waals surface area contributed by atoms with Gasteiger partial charge in [-0.2, -0.15) is 0 Å². The van der Waals surface area contributed by atoms with Crippen LogP contribution in [0.25, 0.3) is 0 Å². The monoisotopic (exact) mass is 528 g/mol. The van der Waals surface area contributed by atoms with Crippen LogP contribution in [0.3, 0.4) is 0 Å². The lowest BCUT2D eigenvalue weighted by Crippen LogP contribution is -2.49. The van der Waals surface area contributed by atoms with E-state index in [1.165, 1.54) is 6.08 Å². The summed E-state index contributed by atoms with van der Waals surface area (Å²) in [7, 11) is 0. The maximum atomic E-state index is 13.4. The number of amides is 2. The first-order valence-corrected chi connectivity index (χ1v) is 13.3. The number of cyclic esters (lactones) is 2. The number of hydrogen-bond donors (Lipinski definition) is 2. The van der Waals surface area contributed by atoms with Crippen molar-refractivity contribution in [2.45, 2.75) is 84.8 Å². The van der Waals surface area contributed by atoms with Crippen LogP contribution in [0.5, 0.6) is 0 Å².